The van der Waals surface area contributed by atoms with Crippen LogP contribution in [0.25, 0.3) is 11.0 Å². The molecule has 1 aliphatic carbocycles. The van der Waals surface area contributed by atoms with E-state index in [-0.39, 0.29) is 42.3 Å². The number of carboxylic acids is 1. The van der Waals surface area contributed by atoms with Crippen LogP contribution in [-0.4, -0.2) is 75.9 Å². The number of allylic oxidation sites excluding steroid dienone is 1. The van der Waals surface area contributed by atoms with Gasteiger partial charge in [-0.3, -0.25) is 4.79 Å². The summed E-state index contributed by atoms with van der Waals surface area (Å²) >= 11 is 0. The van der Waals surface area contributed by atoms with Crippen molar-refractivity contribution < 1.29 is 42.5 Å². The Bertz CT molecular complexity index is 1550. The molecular weight excluding hydrogens is 626 g/mol. The van der Waals surface area contributed by atoms with Gasteiger partial charge in [-0.1, -0.05) is 40.2 Å². The molecule has 3 heterocycles. The van der Waals surface area contributed by atoms with E-state index in [0.29, 0.717) is 31.4 Å². The van der Waals surface area contributed by atoms with E-state index in [1.807, 2.05) is 6.08 Å². The van der Waals surface area contributed by atoms with Gasteiger partial charge in [0.25, 0.3) is 5.92 Å². The van der Waals surface area contributed by atoms with Crippen molar-refractivity contribution in [3.05, 3.63) is 36.5 Å². The number of carbonyl (C=O) groups is 3. The number of alkyl halides is 2. The summed E-state index contributed by atoms with van der Waals surface area (Å²) in [6.45, 7) is 10.7. The van der Waals surface area contributed by atoms with Crippen LogP contribution < -0.4 is 14.8 Å². The van der Waals surface area contributed by atoms with Crippen molar-refractivity contribution >= 4 is 29.0 Å². The molecule has 0 radical (unpaired) electrons. The lowest BCUT2D eigenvalue weighted by atomic mass is 9.85. The van der Waals surface area contributed by atoms with E-state index in [1.165, 1.54) is 12.0 Å². The van der Waals surface area contributed by atoms with Crippen LogP contribution in [0.5, 0.6) is 11.6 Å². The third-order valence-corrected chi connectivity index (χ3v) is 10.0. The van der Waals surface area contributed by atoms with Gasteiger partial charge in [-0.15, -0.1) is 6.58 Å². The van der Waals surface area contributed by atoms with Gasteiger partial charge in [0.15, 0.2) is 5.69 Å². The predicted octanol–water partition coefficient (Wildman–Crippen LogP) is 6.09. The molecule has 5 rings (SSSR count). The number of aromatic nitrogens is 2. The van der Waals surface area contributed by atoms with E-state index >= 15 is 8.78 Å². The number of carboxylic acid groups (broad SMARTS) is 1. The minimum atomic E-state index is -3.43. The second kappa shape index (κ2) is 13.8. The molecule has 3 aliphatic rings. The molecule has 2 N–H and O–H groups in total. The first kappa shape index (κ1) is 35.3. The molecule has 7 atom stereocenters. The summed E-state index contributed by atoms with van der Waals surface area (Å²) in [7, 11) is 1.47. The van der Waals surface area contributed by atoms with Crippen LogP contribution in [0.4, 0.5) is 13.6 Å². The van der Waals surface area contributed by atoms with E-state index in [1.54, 1.807) is 45.9 Å². The summed E-state index contributed by atoms with van der Waals surface area (Å²) in [4.78, 5) is 50.3. The van der Waals surface area contributed by atoms with Crippen LogP contribution >= 0.6 is 0 Å². The van der Waals surface area contributed by atoms with Crippen molar-refractivity contribution in [1.29, 1.82) is 0 Å². The van der Waals surface area contributed by atoms with Crippen LogP contribution in [0.2, 0.25) is 0 Å². The summed E-state index contributed by atoms with van der Waals surface area (Å²) in [6, 6.07) is 2.22. The molecule has 0 spiro atoms. The Morgan fingerprint density at radius 1 is 1.17 bits per heavy atom. The summed E-state index contributed by atoms with van der Waals surface area (Å²) in [5.74, 6) is -6.07. The molecular formula is C35H46F2N4O7. The monoisotopic (exact) mass is 672 g/mol. The molecule has 2 aromatic rings. The van der Waals surface area contributed by atoms with Crippen LogP contribution in [0.15, 0.2) is 30.9 Å². The van der Waals surface area contributed by atoms with Gasteiger partial charge in [0.05, 0.1) is 24.7 Å². The zero-order chi connectivity index (χ0) is 35.0. The summed E-state index contributed by atoms with van der Waals surface area (Å²) in [6.07, 6.45) is 1.69. The van der Waals surface area contributed by atoms with Gasteiger partial charge in [0.1, 0.15) is 30.0 Å². The van der Waals surface area contributed by atoms with Gasteiger partial charge < -0.3 is 29.5 Å². The molecule has 1 aromatic carbocycles. The lowest BCUT2D eigenvalue weighted by Crippen LogP contribution is -2.57. The van der Waals surface area contributed by atoms with Crippen LogP contribution in [0, 0.1) is 23.2 Å². The Labute approximate surface area is 279 Å². The van der Waals surface area contributed by atoms with Crippen molar-refractivity contribution in [2.45, 2.75) is 103 Å². The van der Waals surface area contributed by atoms with Crippen molar-refractivity contribution in [3.63, 3.8) is 0 Å². The van der Waals surface area contributed by atoms with E-state index in [2.05, 4.69) is 21.9 Å². The van der Waals surface area contributed by atoms with Gasteiger partial charge >= 0.3 is 12.1 Å². The summed E-state index contributed by atoms with van der Waals surface area (Å²) < 4.78 is 49.7. The Hall–Kier alpha value is -4.03. The SMILES string of the molecule is C=C[C@@H]1C[C@H]2CCCCC(F)(F)c3nc4ccc(OC)cc4nc3O[C@H]3CN(C(=O)[C@H](C(C)(C)C)NC(=O)O[C@@H]2C1)[C@H](C(=O)O)[C@@H]3CC. The van der Waals surface area contributed by atoms with E-state index in [4.69, 9.17) is 14.2 Å². The van der Waals surface area contributed by atoms with E-state index < -0.39 is 77.5 Å². The van der Waals surface area contributed by atoms with E-state index in [0.717, 1.165) is 0 Å². The zero-order valence-corrected chi connectivity index (χ0v) is 28.2. The first-order valence-corrected chi connectivity index (χ1v) is 16.7. The molecule has 2 fully saturated rings. The molecule has 1 saturated heterocycles. The molecule has 13 heteroatoms. The number of hydrogen-bond donors (Lipinski definition) is 2. The standard InChI is InChI=1S/C35H46F2N4O7/c1-7-19-15-20-11-9-10-14-35(36,37)28-30(39-24-17-21(46-6)12-13-23(24)38-28)47-26-18-41(27(32(43)44)22(26)8-2)31(42)29(34(3,4)5)40-33(45)48-25(20)16-19/h7,12-13,17,19-20,22,25-27,29H,1,8-11,14-16,18H2,2-6H3,(H,40,45)(H,43,44)/t19-,20-,22-,25-,26+,27+,29-/m1/s1. The maximum Gasteiger partial charge on any atom is 0.408 e. The third-order valence-electron chi connectivity index (χ3n) is 10.0. The number of methoxy groups -OCH3 is 1. The fourth-order valence-corrected chi connectivity index (χ4v) is 7.38. The maximum absolute atomic E-state index is 16.2. The normalized spacial score (nSPS) is 29.8. The molecule has 2 bridgehead atoms. The molecule has 48 heavy (non-hydrogen) atoms. The number of aliphatic carboxylic acids is 1. The minimum absolute atomic E-state index is 0.0783. The number of ether oxygens (including phenoxy) is 3. The van der Waals surface area contributed by atoms with E-state index in [9.17, 15) is 19.5 Å². The summed E-state index contributed by atoms with van der Waals surface area (Å²) in [5, 5.41) is 13.1. The Morgan fingerprint density at radius 3 is 2.56 bits per heavy atom. The molecule has 11 nitrogen and oxygen atoms in total. The lowest BCUT2D eigenvalue weighted by Gasteiger charge is -2.35. The maximum atomic E-state index is 16.2. The molecule has 0 unspecified atom stereocenters. The topological polar surface area (TPSA) is 140 Å². The number of nitrogens with zero attached hydrogens (tertiary/aromatic N) is 3. The predicted molar refractivity (Wildman–Crippen MR) is 173 cm³/mol. The van der Waals surface area contributed by atoms with Gasteiger partial charge in [-0.05, 0) is 61.5 Å². The average Bonchev–Trinajstić information content (AvgIpc) is 3.60. The van der Waals surface area contributed by atoms with Gasteiger partial charge in [0.2, 0.25) is 11.8 Å². The number of amides is 2. The summed E-state index contributed by atoms with van der Waals surface area (Å²) in [5.41, 5.74) is -0.984. The highest BCUT2D eigenvalue weighted by molar-refractivity contribution is 5.90. The van der Waals surface area contributed by atoms with Gasteiger partial charge in [0, 0.05) is 18.4 Å². The Balaban J connectivity index is 1.60. The number of nitrogens with one attached hydrogen (secondary N) is 1. The number of fused-ring (bicyclic) bond motifs is 5. The number of halogens is 2. The fourth-order valence-electron chi connectivity index (χ4n) is 7.38. The first-order chi connectivity index (χ1) is 22.7. The molecule has 1 aromatic heterocycles. The smallest absolute Gasteiger partial charge is 0.408 e. The lowest BCUT2D eigenvalue weighted by molar-refractivity contribution is -0.151. The Morgan fingerprint density at radius 2 is 1.92 bits per heavy atom. The van der Waals surface area contributed by atoms with Crippen LogP contribution in [0.3, 0.4) is 0 Å². The molecule has 2 aliphatic heterocycles. The minimum Gasteiger partial charge on any atom is -0.497 e. The van der Waals surface area contributed by atoms with Crippen LogP contribution in [0.1, 0.15) is 78.3 Å². The number of rotatable bonds is 4. The third kappa shape index (κ3) is 7.19. The average molecular weight is 673 g/mol. The van der Waals surface area contributed by atoms with Crippen molar-refractivity contribution in [2.75, 3.05) is 13.7 Å². The molecule has 262 valence electrons. The second-order valence-corrected chi connectivity index (χ2v) is 14.3. The first-order valence-electron chi connectivity index (χ1n) is 16.7. The van der Waals surface area contributed by atoms with Crippen molar-refractivity contribution in [3.8, 4) is 11.6 Å². The quantitative estimate of drug-likeness (QED) is 0.369. The van der Waals surface area contributed by atoms with Crippen molar-refractivity contribution in [1.82, 2.24) is 20.2 Å². The fraction of sp³-hybridized carbons (Fsp3) is 0.629. The number of hydrogen-bond acceptors (Lipinski definition) is 8. The van der Waals surface area contributed by atoms with Crippen molar-refractivity contribution in [2.24, 2.45) is 23.2 Å². The van der Waals surface area contributed by atoms with Crippen LogP contribution in [-0.2, 0) is 20.2 Å². The largest absolute Gasteiger partial charge is 0.497 e. The Kier molecular flexibility index (Phi) is 10.2. The highest BCUT2D eigenvalue weighted by atomic mass is 19.3. The number of benzene rings is 1. The van der Waals surface area contributed by atoms with Gasteiger partial charge in [-0.2, -0.15) is 8.78 Å². The zero-order valence-electron chi connectivity index (χ0n) is 28.2. The molecule has 2 amide bonds. The second-order valence-electron chi connectivity index (χ2n) is 14.3. The van der Waals surface area contributed by atoms with Gasteiger partial charge in [-0.25, -0.2) is 19.6 Å². The number of alkyl carbamates (subject to hydrolysis) is 1. The molecule has 1 saturated carbocycles. The highest BCUT2D eigenvalue weighted by Crippen LogP contribution is 2.42. The number of carbonyl (C=O) groups excluding carboxylic acids is 2. The highest BCUT2D eigenvalue weighted by Gasteiger charge is 2.52.